The van der Waals surface area contributed by atoms with Gasteiger partial charge < -0.3 is 18.9 Å². The normalized spacial score (nSPS) is 12.0. The minimum absolute atomic E-state index is 0.0288. The third-order valence-corrected chi connectivity index (χ3v) is 6.98. The van der Waals surface area contributed by atoms with Crippen molar-refractivity contribution in [1.29, 1.82) is 0 Å². The van der Waals surface area contributed by atoms with E-state index in [0.29, 0.717) is 22.3 Å². The lowest BCUT2D eigenvalue weighted by Crippen LogP contribution is -2.26. The smallest absolute Gasteiger partial charge is 0.347 e. The highest BCUT2D eigenvalue weighted by Gasteiger charge is 2.27. The van der Waals surface area contributed by atoms with Crippen LogP contribution in [0.5, 0.6) is 17.2 Å². The van der Waals surface area contributed by atoms with Crippen LogP contribution in [0.1, 0.15) is 57.2 Å². The first-order chi connectivity index (χ1) is 21.5. The van der Waals surface area contributed by atoms with Crippen molar-refractivity contribution < 1.29 is 28.7 Å². The predicted molar refractivity (Wildman–Crippen MR) is 171 cm³/mol. The van der Waals surface area contributed by atoms with Gasteiger partial charge in [-0.1, -0.05) is 26.0 Å². The molecule has 1 heterocycles. The van der Waals surface area contributed by atoms with Crippen LogP contribution in [0.25, 0.3) is 22.3 Å². The van der Waals surface area contributed by atoms with E-state index < -0.39 is 28.2 Å². The quantitative estimate of drug-likeness (QED) is 0.0807. The Morgan fingerprint density at radius 3 is 2.47 bits per heavy atom. The zero-order valence-corrected chi connectivity index (χ0v) is 26.3. The summed E-state index contributed by atoms with van der Waals surface area (Å²) in [6.45, 7) is 11.1. The monoisotopic (exact) mass is 616 g/mol. The molecule has 0 aliphatic rings. The number of rotatable bonds is 12. The number of esters is 1. The number of nitrogens with zero attached hydrogens (tertiary/aromatic N) is 4. The number of benzene rings is 3. The molecule has 0 N–H and O–H groups in total. The van der Waals surface area contributed by atoms with E-state index in [2.05, 4.69) is 5.10 Å². The first kappa shape index (κ1) is 32.6. The largest absolute Gasteiger partial charge is 0.496 e. The minimum Gasteiger partial charge on any atom is -0.496 e. The minimum atomic E-state index is -1.13. The van der Waals surface area contributed by atoms with Gasteiger partial charge in [-0.25, -0.2) is 9.78 Å². The zero-order chi connectivity index (χ0) is 32.8. The van der Waals surface area contributed by atoms with Crippen LogP contribution in [0.2, 0.25) is 0 Å². The van der Waals surface area contributed by atoms with E-state index in [-0.39, 0.29) is 36.2 Å². The van der Waals surface area contributed by atoms with Gasteiger partial charge >= 0.3 is 11.7 Å². The van der Waals surface area contributed by atoms with Gasteiger partial charge in [-0.05, 0) is 75.1 Å². The summed E-state index contributed by atoms with van der Waals surface area (Å²) >= 11 is 0. The number of aromatic nitrogens is 2. The number of carbonyl (C=O) groups excluding carboxylic acids is 1. The molecule has 4 aromatic rings. The molecule has 0 amide bonds. The molecule has 1 atom stereocenters. The van der Waals surface area contributed by atoms with E-state index in [1.807, 2.05) is 32.9 Å². The number of fused-ring (bicyclic) bond motifs is 1. The van der Waals surface area contributed by atoms with Crippen LogP contribution in [0.15, 0.2) is 58.4 Å². The number of aryl methyl sites for hydroxylation is 1. The number of nitro benzene ring substituents is 1. The number of ether oxygens (including phenoxy) is 4. The van der Waals surface area contributed by atoms with Gasteiger partial charge in [-0.3, -0.25) is 14.9 Å². The first-order valence-corrected chi connectivity index (χ1v) is 14.5. The summed E-state index contributed by atoms with van der Waals surface area (Å²) in [5.74, 6) is 0.263. The second kappa shape index (κ2) is 14.0. The average Bonchev–Trinajstić information content (AvgIpc) is 3.01. The summed E-state index contributed by atoms with van der Waals surface area (Å²) in [5, 5.41) is 17.0. The second-order valence-electron chi connectivity index (χ2n) is 10.4. The molecule has 3 aromatic carbocycles. The third kappa shape index (κ3) is 6.95. The van der Waals surface area contributed by atoms with E-state index >= 15 is 0 Å². The number of hydrogen-bond acceptors (Lipinski definition) is 10. The highest BCUT2D eigenvalue weighted by molar-refractivity contribution is 5.85. The molecule has 236 valence electrons. The van der Waals surface area contributed by atoms with Crippen molar-refractivity contribution in [3.63, 3.8) is 0 Å². The highest BCUT2D eigenvalue weighted by Crippen LogP contribution is 2.39. The molecule has 0 saturated heterocycles. The Labute approximate surface area is 260 Å². The molecule has 1 aromatic heterocycles. The van der Waals surface area contributed by atoms with Crippen molar-refractivity contribution >= 4 is 28.8 Å². The fraction of sp³-hybridized carbons (Fsp3) is 0.333. The highest BCUT2D eigenvalue weighted by atomic mass is 16.6. The lowest BCUT2D eigenvalue weighted by atomic mass is 9.96. The lowest BCUT2D eigenvalue weighted by molar-refractivity contribution is -0.386. The van der Waals surface area contributed by atoms with Gasteiger partial charge in [0, 0.05) is 17.2 Å². The van der Waals surface area contributed by atoms with E-state index in [4.69, 9.17) is 23.9 Å². The maximum atomic E-state index is 13.8. The summed E-state index contributed by atoms with van der Waals surface area (Å²) < 4.78 is 23.1. The number of carbonyl (C=O) groups is 1. The van der Waals surface area contributed by atoms with Crippen LogP contribution >= 0.6 is 0 Å². The van der Waals surface area contributed by atoms with E-state index in [9.17, 15) is 19.7 Å². The van der Waals surface area contributed by atoms with Gasteiger partial charge in [0.2, 0.25) is 5.75 Å². The summed E-state index contributed by atoms with van der Waals surface area (Å²) in [4.78, 5) is 42.3. The first-order valence-electron chi connectivity index (χ1n) is 14.5. The topological polar surface area (TPSA) is 144 Å². The fourth-order valence-corrected chi connectivity index (χ4v) is 4.78. The maximum Gasteiger partial charge on any atom is 0.347 e. The molecule has 0 aliphatic carbocycles. The van der Waals surface area contributed by atoms with Gasteiger partial charge in [-0.15, -0.1) is 0 Å². The van der Waals surface area contributed by atoms with Gasteiger partial charge in [0.1, 0.15) is 5.75 Å². The van der Waals surface area contributed by atoms with Crippen LogP contribution < -0.4 is 19.8 Å². The van der Waals surface area contributed by atoms with Crippen LogP contribution in [-0.4, -0.2) is 53.2 Å². The number of hydrogen-bond donors (Lipinski definition) is 0. The van der Waals surface area contributed by atoms with Crippen molar-refractivity contribution in [2.75, 3.05) is 20.3 Å². The Morgan fingerprint density at radius 2 is 1.82 bits per heavy atom. The molecule has 0 aliphatic heterocycles. The summed E-state index contributed by atoms with van der Waals surface area (Å²) in [6, 6.07) is 13.5. The molecule has 45 heavy (non-hydrogen) atoms. The molecule has 0 fully saturated rings. The molecule has 0 unspecified atom stereocenters. The Bertz CT molecular complexity index is 1830. The zero-order valence-electron chi connectivity index (χ0n) is 26.3. The number of nitro groups is 1. The van der Waals surface area contributed by atoms with Crippen molar-refractivity contribution in [1.82, 2.24) is 9.66 Å². The molecular formula is C33H36N4O8. The Morgan fingerprint density at radius 1 is 1.09 bits per heavy atom. The van der Waals surface area contributed by atoms with Gasteiger partial charge in [0.25, 0.3) is 5.56 Å². The molecule has 12 heteroatoms. The van der Waals surface area contributed by atoms with Crippen LogP contribution in [0.4, 0.5) is 5.69 Å². The SMILES string of the molecule is CCOC(=O)[C@H](C)Oc1c(OCC)cc(C=Nn2c(-c3cc(C(C)C)c(OC)cc3C)nc3ccccc3c2=O)cc1[N+](=O)[O-]. The van der Waals surface area contributed by atoms with Gasteiger partial charge in [-0.2, -0.15) is 9.78 Å². The molecule has 0 bridgehead atoms. The van der Waals surface area contributed by atoms with Crippen molar-refractivity contribution in [2.45, 2.75) is 53.6 Å². The lowest BCUT2D eigenvalue weighted by Gasteiger charge is -2.18. The third-order valence-electron chi connectivity index (χ3n) is 6.98. The van der Waals surface area contributed by atoms with Crippen LogP contribution in [-0.2, 0) is 9.53 Å². The average molecular weight is 617 g/mol. The van der Waals surface area contributed by atoms with Crippen molar-refractivity contribution in [3.05, 3.63) is 85.7 Å². The van der Waals surface area contributed by atoms with E-state index in [1.54, 1.807) is 45.2 Å². The summed E-state index contributed by atoms with van der Waals surface area (Å²) in [5.41, 5.74) is 2.30. The second-order valence-corrected chi connectivity index (χ2v) is 10.4. The predicted octanol–water partition coefficient (Wildman–Crippen LogP) is 6.02. The molecular weight excluding hydrogens is 580 g/mol. The standard InChI is InChI=1S/C33H36N4O8/c1-8-43-29-16-22(15-27(37(40)41)30(29)45-21(6)33(39)44-9-2)18-34-36-31(35-26-13-11-10-12-23(26)32(36)38)25-17-24(19(3)4)28(42-7)14-20(25)5/h10-19,21H,8-9H2,1-7H3/t21-/m0/s1. The van der Waals surface area contributed by atoms with Gasteiger partial charge in [0.15, 0.2) is 17.7 Å². The Kier molecular flexibility index (Phi) is 10.2. The molecule has 0 saturated carbocycles. The summed E-state index contributed by atoms with van der Waals surface area (Å²) in [6.07, 6.45) is 0.188. The fourth-order valence-electron chi connectivity index (χ4n) is 4.78. The van der Waals surface area contributed by atoms with E-state index in [0.717, 1.165) is 16.9 Å². The summed E-state index contributed by atoms with van der Waals surface area (Å²) in [7, 11) is 1.61. The Hall–Kier alpha value is -5.26. The van der Waals surface area contributed by atoms with Crippen LogP contribution in [0.3, 0.4) is 0 Å². The van der Waals surface area contributed by atoms with Gasteiger partial charge in [0.05, 0.1) is 42.4 Å². The van der Waals surface area contributed by atoms with Crippen molar-refractivity contribution in [2.24, 2.45) is 5.10 Å². The molecule has 0 radical (unpaired) electrons. The molecule has 4 rings (SSSR count). The molecule has 0 spiro atoms. The van der Waals surface area contributed by atoms with Crippen LogP contribution in [0, 0.1) is 17.0 Å². The molecule has 12 nitrogen and oxygen atoms in total. The maximum absolute atomic E-state index is 13.8. The Balaban J connectivity index is 1.91. The number of methoxy groups -OCH3 is 1. The van der Waals surface area contributed by atoms with E-state index in [1.165, 1.54) is 29.9 Å². The number of para-hydroxylation sites is 1. The van der Waals surface area contributed by atoms with Crippen molar-refractivity contribution in [3.8, 4) is 28.6 Å².